The minimum Gasteiger partial charge on any atom is -0.506 e. The molecule has 1 rings (SSSR count). The van der Waals surface area contributed by atoms with Crippen LogP contribution >= 0.6 is 11.9 Å². The topological polar surface area (TPSA) is 56.1 Å². The van der Waals surface area contributed by atoms with Crippen LogP contribution in [0, 0.1) is 5.41 Å². The Balaban J connectivity index is 2.75. The zero-order valence-corrected chi connectivity index (χ0v) is 7.06. The number of rotatable bonds is 2. The van der Waals surface area contributed by atoms with Crippen LogP contribution in [0.4, 0.5) is 0 Å². The summed E-state index contributed by atoms with van der Waals surface area (Å²) in [6.07, 6.45) is 6.32. The van der Waals surface area contributed by atoms with Gasteiger partial charge in [0.2, 0.25) is 0 Å². The quantitative estimate of drug-likeness (QED) is 0.263. The molecule has 0 aromatic carbocycles. The van der Waals surface area contributed by atoms with Gasteiger partial charge in [-0.1, -0.05) is 6.08 Å². The van der Waals surface area contributed by atoms with Crippen LogP contribution in [0.15, 0.2) is 41.2 Å². The maximum Gasteiger partial charge on any atom is 0.140 e. The maximum atomic E-state index is 9.33. The second-order valence-corrected chi connectivity index (χ2v) is 2.70. The fraction of sp³-hybridized carbons (Fsp3) is 0. The van der Waals surface area contributed by atoms with Gasteiger partial charge in [-0.05, 0) is 35.4 Å². The summed E-state index contributed by atoms with van der Waals surface area (Å²) < 4.78 is 2.89. The van der Waals surface area contributed by atoms with Crippen molar-refractivity contribution in [2.75, 3.05) is 0 Å². The molecule has 4 heteroatoms. The Morgan fingerprint density at radius 3 is 3.17 bits per heavy atom. The van der Waals surface area contributed by atoms with E-state index in [1.807, 2.05) is 17.4 Å². The molecule has 12 heavy (non-hydrogen) atoms. The minimum absolute atomic E-state index is 0.103. The van der Waals surface area contributed by atoms with Crippen LogP contribution in [0.2, 0.25) is 0 Å². The molecule has 62 valence electrons. The summed E-state index contributed by atoms with van der Waals surface area (Å²) in [6, 6.07) is 0. The largest absolute Gasteiger partial charge is 0.506 e. The Hall–Kier alpha value is -1.38. The van der Waals surface area contributed by atoms with Crippen molar-refractivity contribution in [2.45, 2.75) is 0 Å². The number of hydrogen-bond donors (Lipinski definition) is 3. The Kier molecular flexibility index (Phi) is 3.26. The highest BCUT2D eigenvalue weighted by Crippen LogP contribution is 2.13. The summed E-state index contributed by atoms with van der Waals surface area (Å²) in [7, 11) is 0. The van der Waals surface area contributed by atoms with Crippen LogP contribution in [0.1, 0.15) is 0 Å². The van der Waals surface area contributed by atoms with Crippen LogP contribution in [0.25, 0.3) is 0 Å². The van der Waals surface area contributed by atoms with Gasteiger partial charge in [0.25, 0.3) is 0 Å². The normalized spacial score (nSPS) is 16.0. The monoisotopic (exact) mass is 180 g/mol. The molecule has 1 aliphatic heterocycles. The molecule has 0 unspecified atom stereocenters. The number of aliphatic hydroxyl groups excluding tert-OH is 1. The molecule has 0 aromatic heterocycles. The fourth-order valence-electron chi connectivity index (χ4n) is 0.654. The Morgan fingerprint density at radius 1 is 1.75 bits per heavy atom. The van der Waals surface area contributed by atoms with Crippen LogP contribution in [0.3, 0.4) is 0 Å². The maximum absolute atomic E-state index is 9.33. The summed E-state index contributed by atoms with van der Waals surface area (Å²) in [5.41, 5.74) is 0.633. The van der Waals surface area contributed by atoms with Crippen LogP contribution in [0.5, 0.6) is 0 Å². The van der Waals surface area contributed by atoms with Gasteiger partial charge in [0.15, 0.2) is 0 Å². The molecular weight excluding hydrogens is 172 g/mol. The molecule has 0 bridgehead atoms. The molecule has 0 atom stereocenters. The molecule has 1 heterocycles. The smallest absolute Gasteiger partial charge is 0.140 e. The summed E-state index contributed by atoms with van der Waals surface area (Å²) in [6.45, 7) is 0. The van der Waals surface area contributed by atoms with E-state index < -0.39 is 0 Å². The fourth-order valence-corrected chi connectivity index (χ4v) is 1.18. The molecule has 0 aromatic rings. The minimum atomic E-state index is 0.103. The molecular formula is C8H8N2OS. The van der Waals surface area contributed by atoms with E-state index in [0.717, 1.165) is 0 Å². The Bertz CT molecular complexity index is 298. The standard InChI is InChI=1S/C8H8N2OS/c9-5-1-4-8(11)7-3-2-6-12-10-7/h1-4,6,9-11H/b8-4+. The second kappa shape index (κ2) is 4.49. The van der Waals surface area contributed by atoms with Crippen molar-refractivity contribution >= 4 is 17.8 Å². The first kappa shape index (κ1) is 8.71. The van der Waals surface area contributed by atoms with Crippen LogP contribution in [-0.2, 0) is 0 Å². The summed E-state index contributed by atoms with van der Waals surface area (Å²) in [4.78, 5) is 0. The van der Waals surface area contributed by atoms with E-state index in [1.165, 1.54) is 24.1 Å². The van der Waals surface area contributed by atoms with Gasteiger partial charge in [-0.2, -0.15) is 0 Å². The number of hydrogen-bond acceptors (Lipinski definition) is 4. The third-order valence-corrected chi connectivity index (χ3v) is 1.81. The van der Waals surface area contributed by atoms with Crippen molar-refractivity contribution in [1.82, 2.24) is 4.72 Å². The molecule has 0 fully saturated rings. The lowest BCUT2D eigenvalue weighted by molar-refractivity contribution is 0.420. The predicted octanol–water partition coefficient (Wildman–Crippen LogP) is 1.88. The average Bonchev–Trinajstić information content (AvgIpc) is 2.15. The van der Waals surface area contributed by atoms with E-state index >= 15 is 0 Å². The van der Waals surface area contributed by atoms with E-state index in [4.69, 9.17) is 5.41 Å². The van der Waals surface area contributed by atoms with Gasteiger partial charge < -0.3 is 9.83 Å². The van der Waals surface area contributed by atoms with Gasteiger partial charge in [0.1, 0.15) is 5.76 Å². The second-order valence-electron chi connectivity index (χ2n) is 1.99. The van der Waals surface area contributed by atoms with Crippen molar-refractivity contribution in [3.63, 3.8) is 0 Å². The highest BCUT2D eigenvalue weighted by Gasteiger charge is 2.01. The lowest BCUT2D eigenvalue weighted by Gasteiger charge is -2.08. The van der Waals surface area contributed by atoms with E-state index in [1.54, 1.807) is 6.08 Å². The van der Waals surface area contributed by atoms with Gasteiger partial charge in [-0.3, -0.25) is 5.41 Å². The lowest BCUT2D eigenvalue weighted by Crippen LogP contribution is -2.06. The zero-order chi connectivity index (χ0) is 8.81. The van der Waals surface area contributed by atoms with E-state index in [0.29, 0.717) is 5.70 Å². The SMILES string of the molecule is N=C=C/C=C(/O)C1=CC=CSN1. The van der Waals surface area contributed by atoms with Crippen molar-refractivity contribution in [2.24, 2.45) is 0 Å². The van der Waals surface area contributed by atoms with E-state index in [9.17, 15) is 5.11 Å². The average molecular weight is 180 g/mol. The summed E-state index contributed by atoms with van der Waals surface area (Å²) in [5, 5.41) is 17.8. The first-order valence-corrected chi connectivity index (χ1v) is 4.16. The summed E-state index contributed by atoms with van der Waals surface area (Å²) in [5.74, 6) is 2.15. The zero-order valence-electron chi connectivity index (χ0n) is 6.24. The Labute approximate surface area is 74.8 Å². The molecule has 0 amide bonds. The number of nitrogens with one attached hydrogen (secondary N) is 2. The van der Waals surface area contributed by atoms with Gasteiger partial charge >= 0.3 is 0 Å². The number of allylic oxidation sites excluding steroid dienone is 4. The first-order valence-electron chi connectivity index (χ1n) is 3.28. The summed E-state index contributed by atoms with van der Waals surface area (Å²) >= 11 is 1.38. The third-order valence-electron chi connectivity index (χ3n) is 1.18. The van der Waals surface area contributed by atoms with Gasteiger partial charge in [0, 0.05) is 6.08 Å². The van der Waals surface area contributed by atoms with E-state index in [2.05, 4.69) is 4.72 Å². The molecule has 1 aliphatic rings. The molecule has 3 nitrogen and oxygen atoms in total. The molecule has 0 spiro atoms. The van der Waals surface area contributed by atoms with Gasteiger partial charge in [-0.15, -0.1) is 0 Å². The van der Waals surface area contributed by atoms with Crippen molar-refractivity contribution in [3.05, 3.63) is 41.2 Å². The first-order chi connectivity index (χ1) is 5.84. The Morgan fingerprint density at radius 2 is 2.58 bits per heavy atom. The van der Waals surface area contributed by atoms with Crippen LogP contribution in [-0.4, -0.2) is 11.0 Å². The number of aliphatic hydroxyl groups is 1. The van der Waals surface area contributed by atoms with Crippen molar-refractivity contribution < 1.29 is 5.11 Å². The van der Waals surface area contributed by atoms with Gasteiger partial charge in [0.05, 0.1) is 5.70 Å². The van der Waals surface area contributed by atoms with E-state index in [-0.39, 0.29) is 5.76 Å². The molecule has 0 saturated carbocycles. The van der Waals surface area contributed by atoms with Crippen molar-refractivity contribution in [3.8, 4) is 0 Å². The molecule has 0 saturated heterocycles. The molecule has 0 radical (unpaired) electrons. The molecule has 3 N–H and O–H groups in total. The highest BCUT2D eigenvalue weighted by molar-refractivity contribution is 8.00. The molecule has 0 aliphatic carbocycles. The predicted molar refractivity (Wildman–Crippen MR) is 51.0 cm³/mol. The highest BCUT2D eigenvalue weighted by atomic mass is 32.2. The van der Waals surface area contributed by atoms with Gasteiger partial charge in [-0.25, -0.2) is 0 Å². The third kappa shape index (κ3) is 2.34. The van der Waals surface area contributed by atoms with Crippen molar-refractivity contribution in [1.29, 1.82) is 5.41 Å². The lowest BCUT2D eigenvalue weighted by atomic mass is 10.3. The van der Waals surface area contributed by atoms with Crippen LogP contribution < -0.4 is 4.72 Å².